The first-order valence-electron chi connectivity index (χ1n) is 7.44. The quantitative estimate of drug-likeness (QED) is 0.354. The lowest BCUT2D eigenvalue weighted by Gasteiger charge is -2.11. The molecule has 0 aliphatic rings. The van der Waals surface area contributed by atoms with Crippen molar-refractivity contribution in [1.29, 1.82) is 0 Å². The third-order valence-electron chi connectivity index (χ3n) is 3.17. The van der Waals surface area contributed by atoms with Crippen molar-refractivity contribution >= 4 is 23.3 Å². The van der Waals surface area contributed by atoms with E-state index >= 15 is 0 Å². The molecule has 0 saturated carbocycles. The number of nitrogens with zero attached hydrogens (tertiary/aromatic N) is 4. The van der Waals surface area contributed by atoms with Crippen molar-refractivity contribution in [2.45, 2.75) is 13.0 Å². The van der Waals surface area contributed by atoms with Gasteiger partial charge in [0, 0.05) is 6.54 Å². The van der Waals surface area contributed by atoms with Crippen LogP contribution in [0, 0.1) is 10.1 Å². The van der Waals surface area contributed by atoms with Gasteiger partial charge in [-0.1, -0.05) is 0 Å². The van der Waals surface area contributed by atoms with Crippen LogP contribution in [0.4, 0.5) is 23.3 Å². The third-order valence-corrected chi connectivity index (χ3v) is 3.17. The van der Waals surface area contributed by atoms with Gasteiger partial charge in [-0.2, -0.15) is 9.97 Å². The van der Waals surface area contributed by atoms with Crippen molar-refractivity contribution in [2.75, 3.05) is 43.6 Å². The molecule has 10 nitrogen and oxygen atoms in total. The summed E-state index contributed by atoms with van der Waals surface area (Å²) in [6.07, 6.45) is 2.40. The summed E-state index contributed by atoms with van der Waals surface area (Å²) in [4.78, 5) is 20.8. The first kappa shape index (κ1) is 17.5. The van der Waals surface area contributed by atoms with Crippen LogP contribution in [0.15, 0.2) is 22.8 Å². The highest BCUT2D eigenvalue weighted by atomic mass is 16.6. The fraction of sp³-hybridized carbons (Fsp3) is 0.429. The van der Waals surface area contributed by atoms with Gasteiger partial charge in [0.15, 0.2) is 0 Å². The van der Waals surface area contributed by atoms with E-state index in [1.165, 1.54) is 6.26 Å². The SMILES string of the molecule is CN(C)CCCNc1nc(N)c([N+](=O)[O-])c(NCc2ccco2)n1. The molecular formula is C14H21N7O3. The average Bonchev–Trinajstić information content (AvgIpc) is 3.02. The Hall–Kier alpha value is -2.88. The number of aromatic nitrogens is 2. The number of hydrogen-bond donors (Lipinski definition) is 3. The second-order valence-corrected chi connectivity index (χ2v) is 5.40. The predicted octanol–water partition coefficient (Wildman–Crippen LogP) is 1.54. The van der Waals surface area contributed by atoms with Crippen molar-refractivity contribution < 1.29 is 9.34 Å². The Labute approximate surface area is 139 Å². The molecule has 2 heterocycles. The first-order valence-corrected chi connectivity index (χ1v) is 7.44. The van der Waals surface area contributed by atoms with Gasteiger partial charge in [0.05, 0.1) is 17.7 Å². The summed E-state index contributed by atoms with van der Waals surface area (Å²) in [5.74, 6) is 0.742. The maximum Gasteiger partial charge on any atom is 0.353 e. The summed E-state index contributed by atoms with van der Waals surface area (Å²) in [5.41, 5.74) is 5.37. The minimum atomic E-state index is -0.602. The average molecular weight is 335 g/mol. The van der Waals surface area contributed by atoms with Crippen LogP contribution in [0.3, 0.4) is 0 Å². The lowest BCUT2D eigenvalue weighted by molar-refractivity contribution is -0.383. The van der Waals surface area contributed by atoms with Crippen LogP contribution in [0.2, 0.25) is 0 Å². The molecule has 0 fully saturated rings. The molecule has 0 amide bonds. The zero-order valence-corrected chi connectivity index (χ0v) is 13.7. The van der Waals surface area contributed by atoms with Crippen LogP contribution in [-0.4, -0.2) is 47.0 Å². The summed E-state index contributed by atoms with van der Waals surface area (Å²) >= 11 is 0. The van der Waals surface area contributed by atoms with E-state index in [0.717, 1.165) is 13.0 Å². The molecule has 0 aliphatic carbocycles. The van der Waals surface area contributed by atoms with Gasteiger partial charge in [0.25, 0.3) is 0 Å². The highest BCUT2D eigenvalue weighted by Gasteiger charge is 2.23. The van der Waals surface area contributed by atoms with E-state index in [4.69, 9.17) is 10.2 Å². The number of nitrogen functional groups attached to an aromatic ring is 1. The lowest BCUT2D eigenvalue weighted by atomic mass is 10.4. The Kier molecular flexibility index (Phi) is 5.90. The van der Waals surface area contributed by atoms with Gasteiger partial charge in [-0.05, 0) is 39.2 Å². The van der Waals surface area contributed by atoms with E-state index in [2.05, 4.69) is 25.5 Å². The van der Waals surface area contributed by atoms with Crippen molar-refractivity contribution in [3.63, 3.8) is 0 Å². The number of nitrogens with one attached hydrogen (secondary N) is 2. The topological polar surface area (TPSA) is 135 Å². The molecule has 0 saturated heterocycles. The normalized spacial score (nSPS) is 10.8. The van der Waals surface area contributed by atoms with Crippen molar-refractivity contribution in [3.8, 4) is 0 Å². The Morgan fingerprint density at radius 2 is 2.17 bits per heavy atom. The molecule has 24 heavy (non-hydrogen) atoms. The fourth-order valence-corrected chi connectivity index (χ4v) is 2.03. The van der Waals surface area contributed by atoms with Gasteiger partial charge in [-0.15, -0.1) is 0 Å². The summed E-state index contributed by atoms with van der Waals surface area (Å²) in [6.45, 7) is 1.79. The van der Waals surface area contributed by atoms with Crippen molar-refractivity contribution in [3.05, 3.63) is 34.3 Å². The number of nitro groups is 1. The number of nitrogens with two attached hydrogens (primary N) is 1. The van der Waals surface area contributed by atoms with Gasteiger partial charge >= 0.3 is 5.69 Å². The lowest BCUT2D eigenvalue weighted by Crippen LogP contribution is -2.17. The van der Waals surface area contributed by atoms with E-state index in [1.807, 2.05) is 14.1 Å². The molecular weight excluding hydrogens is 314 g/mol. The summed E-state index contributed by atoms with van der Waals surface area (Å²) in [5, 5.41) is 17.1. The van der Waals surface area contributed by atoms with Gasteiger partial charge in [0.1, 0.15) is 5.76 Å². The van der Waals surface area contributed by atoms with Crippen LogP contribution in [0.1, 0.15) is 12.2 Å². The molecule has 0 radical (unpaired) electrons. The van der Waals surface area contributed by atoms with Gasteiger partial charge in [-0.25, -0.2) is 0 Å². The molecule has 4 N–H and O–H groups in total. The van der Waals surface area contributed by atoms with Crippen LogP contribution < -0.4 is 16.4 Å². The maximum absolute atomic E-state index is 11.2. The van der Waals surface area contributed by atoms with Crippen molar-refractivity contribution in [2.24, 2.45) is 0 Å². The molecule has 2 aromatic heterocycles. The molecule has 0 spiro atoms. The van der Waals surface area contributed by atoms with E-state index in [0.29, 0.717) is 12.3 Å². The largest absolute Gasteiger partial charge is 0.467 e. The second kappa shape index (κ2) is 8.11. The standard InChI is InChI=1S/C14H21N7O3/c1-20(2)7-4-6-16-14-18-12(15)11(21(22)23)13(19-14)17-9-10-5-3-8-24-10/h3,5,8H,4,6-7,9H2,1-2H3,(H4,15,16,17,18,19). The fourth-order valence-electron chi connectivity index (χ4n) is 2.03. The van der Waals surface area contributed by atoms with Crippen LogP contribution in [0.5, 0.6) is 0 Å². The molecule has 0 unspecified atom stereocenters. The highest BCUT2D eigenvalue weighted by molar-refractivity contribution is 5.69. The number of furan rings is 1. The third kappa shape index (κ3) is 4.81. The van der Waals surface area contributed by atoms with E-state index in [9.17, 15) is 10.1 Å². The molecule has 0 aromatic carbocycles. The Morgan fingerprint density at radius 1 is 1.38 bits per heavy atom. The molecule has 0 atom stereocenters. The van der Waals surface area contributed by atoms with E-state index in [1.54, 1.807) is 12.1 Å². The number of hydrogen-bond acceptors (Lipinski definition) is 9. The van der Waals surface area contributed by atoms with E-state index in [-0.39, 0.29) is 29.8 Å². The first-order chi connectivity index (χ1) is 11.5. The monoisotopic (exact) mass is 335 g/mol. The Morgan fingerprint density at radius 3 is 2.79 bits per heavy atom. The Balaban J connectivity index is 2.10. The molecule has 0 aliphatic heterocycles. The van der Waals surface area contributed by atoms with Crippen molar-refractivity contribution in [1.82, 2.24) is 14.9 Å². The van der Waals surface area contributed by atoms with Gasteiger partial charge in [0.2, 0.25) is 17.6 Å². The zero-order valence-electron chi connectivity index (χ0n) is 13.7. The van der Waals surface area contributed by atoms with Crippen LogP contribution in [-0.2, 0) is 6.54 Å². The predicted molar refractivity (Wildman–Crippen MR) is 90.8 cm³/mol. The summed E-state index contributed by atoms with van der Waals surface area (Å²) in [7, 11) is 3.97. The van der Waals surface area contributed by atoms with Crippen LogP contribution >= 0.6 is 0 Å². The zero-order chi connectivity index (χ0) is 17.5. The molecule has 2 aromatic rings. The Bertz CT molecular complexity index is 673. The number of rotatable bonds is 9. The van der Waals surface area contributed by atoms with Gasteiger partial charge < -0.3 is 25.7 Å². The second-order valence-electron chi connectivity index (χ2n) is 5.40. The minimum absolute atomic E-state index is 0.0546. The highest BCUT2D eigenvalue weighted by Crippen LogP contribution is 2.29. The van der Waals surface area contributed by atoms with Gasteiger partial charge in [-0.3, -0.25) is 10.1 Å². The number of anilines is 3. The van der Waals surface area contributed by atoms with E-state index < -0.39 is 4.92 Å². The minimum Gasteiger partial charge on any atom is -0.467 e. The summed E-state index contributed by atoms with van der Waals surface area (Å²) in [6, 6.07) is 3.49. The van der Waals surface area contributed by atoms with Crippen LogP contribution in [0.25, 0.3) is 0 Å². The maximum atomic E-state index is 11.2. The molecule has 0 bridgehead atoms. The smallest absolute Gasteiger partial charge is 0.353 e. The molecule has 2 rings (SSSR count). The molecule has 10 heteroatoms. The summed E-state index contributed by atoms with van der Waals surface area (Å²) < 4.78 is 5.19. The molecule has 130 valence electrons.